The molecule has 0 aliphatic carbocycles. The number of hydrogen-bond acceptors (Lipinski definition) is 3. The topological polar surface area (TPSA) is 84.2 Å². The Morgan fingerprint density at radius 3 is 2.64 bits per heavy atom. The van der Waals surface area contributed by atoms with E-state index in [0.717, 1.165) is 0 Å². The summed E-state index contributed by atoms with van der Waals surface area (Å²) >= 11 is 0. The minimum absolute atomic E-state index is 0.0178. The highest BCUT2D eigenvalue weighted by Gasteiger charge is 2.33. The van der Waals surface area contributed by atoms with Gasteiger partial charge in [0, 0.05) is 6.20 Å². The van der Waals surface area contributed by atoms with E-state index in [1.165, 1.54) is 36.0 Å². The van der Waals surface area contributed by atoms with E-state index in [-0.39, 0.29) is 17.8 Å². The monoisotopic (exact) mass is 305 g/mol. The van der Waals surface area contributed by atoms with E-state index in [4.69, 9.17) is 5.11 Å². The summed E-state index contributed by atoms with van der Waals surface area (Å²) in [6.45, 7) is 3.08. The van der Waals surface area contributed by atoms with Crippen LogP contribution in [0, 0.1) is 5.82 Å². The summed E-state index contributed by atoms with van der Waals surface area (Å²) in [4.78, 5) is 23.3. The van der Waals surface area contributed by atoms with Crippen molar-refractivity contribution in [3.8, 4) is 5.69 Å². The van der Waals surface area contributed by atoms with E-state index in [2.05, 4.69) is 10.4 Å². The number of para-hydroxylation sites is 1. The first-order chi connectivity index (χ1) is 10.4. The third-order valence-corrected chi connectivity index (χ3v) is 3.49. The lowest BCUT2D eigenvalue weighted by molar-refractivity contribution is -0.143. The Labute approximate surface area is 126 Å². The number of carbonyl (C=O) groups excluding carboxylic acids is 1. The van der Waals surface area contributed by atoms with Crippen LogP contribution in [0.25, 0.3) is 5.69 Å². The molecule has 0 saturated carbocycles. The fourth-order valence-corrected chi connectivity index (χ4v) is 1.82. The number of rotatable bonds is 5. The Kier molecular flexibility index (Phi) is 4.25. The van der Waals surface area contributed by atoms with Crippen molar-refractivity contribution < 1.29 is 19.1 Å². The smallest absolute Gasteiger partial charge is 0.329 e. The largest absolute Gasteiger partial charge is 0.480 e. The second-order valence-electron chi connectivity index (χ2n) is 5.04. The van der Waals surface area contributed by atoms with Crippen LogP contribution in [-0.2, 0) is 4.79 Å². The van der Waals surface area contributed by atoms with E-state index >= 15 is 0 Å². The lowest BCUT2D eigenvalue weighted by Gasteiger charge is -2.23. The fraction of sp³-hybridized carbons (Fsp3) is 0.267. The number of carbonyl (C=O) groups is 2. The van der Waals surface area contributed by atoms with E-state index < -0.39 is 23.2 Å². The predicted octanol–water partition coefficient (Wildman–Crippen LogP) is 1.99. The number of benzene rings is 1. The molecule has 6 nitrogen and oxygen atoms in total. The zero-order valence-electron chi connectivity index (χ0n) is 12.2. The Morgan fingerprint density at radius 1 is 1.36 bits per heavy atom. The molecule has 2 rings (SSSR count). The molecule has 2 aromatic rings. The highest BCUT2D eigenvalue weighted by atomic mass is 19.1. The molecule has 1 aromatic carbocycles. The van der Waals surface area contributed by atoms with E-state index in [9.17, 15) is 14.0 Å². The average molecular weight is 305 g/mol. The van der Waals surface area contributed by atoms with Crippen LogP contribution >= 0.6 is 0 Å². The maximum Gasteiger partial charge on any atom is 0.329 e. The molecule has 1 aromatic heterocycles. The lowest BCUT2D eigenvalue weighted by Crippen LogP contribution is -2.51. The summed E-state index contributed by atoms with van der Waals surface area (Å²) in [5, 5.41) is 15.6. The van der Waals surface area contributed by atoms with Crippen LogP contribution in [-0.4, -0.2) is 32.3 Å². The minimum Gasteiger partial charge on any atom is -0.480 e. The molecule has 116 valence electrons. The van der Waals surface area contributed by atoms with Crippen molar-refractivity contribution in [3.05, 3.63) is 48.0 Å². The van der Waals surface area contributed by atoms with Gasteiger partial charge in [-0.25, -0.2) is 13.9 Å². The second-order valence-corrected chi connectivity index (χ2v) is 5.04. The highest BCUT2D eigenvalue weighted by molar-refractivity contribution is 5.96. The van der Waals surface area contributed by atoms with Crippen molar-refractivity contribution in [2.45, 2.75) is 25.8 Å². The number of nitrogens with one attached hydrogen (secondary N) is 1. The van der Waals surface area contributed by atoms with E-state index in [0.29, 0.717) is 0 Å². The van der Waals surface area contributed by atoms with Crippen LogP contribution in [0.5, 0.6) is 0 Å². The third-order valence-electron chi connectivity index (χ3n) is 3.49. The van der Waals surface area contributed by atoms with Crippen molar-refractivity contribution in [1.82, 2.24) is 15.1 Å². The second kappa shape index (κ2) is 5.97. The number of halogens is 1. The van der Waals surface area contributed by atoms with Crippen LogP contribution < -0.4 is 5.32 Å². The molecule has 22 heavy (non-hydrogen) atoms. The van der Waals surface area contributed by atoms with Gasteiger partial charge < -0.3 is 10.4 Å². The van der Waals surface area contributed by atoms with Gasteiger partial charge in [-0.05, 0) is 31.5 Å². The van der Waals surface area contributed by atoms with Gasteiger partial charge in [0.15, 0.2) is 5.69 Å². The van der Waals surface area contributed by atoms with Crippen LogP contribution in [0.15, 0.2) is 36.5 Å². The SMILES string of the molecule is CCC(C)(NC(=O)c1ccn(-c2ccccc2F)n1)C(=O)O. The molecule has 1 atom stereocenters. The van der Waals surface area contributed by atoms with Crippen LogP contribution in [0.4, 0.5) is 4.39 Å². The Hall–Kier alpha value is -2.70. The summed E-state index contributed by atoms with van der Waals surface area (Å²) in [5.74, 6) is -2.22. The van der Waals surface area contributed by atoms with E-state index in [1.807, 2.05) is 0 Å². The van der Waals surface area contributed by atoms with Gasteiger partial charge in [-0.2, -0.15) is 5.10 Å². The molecule has 0 fully saturated rings. The molecule has 1 unspecified atom stereocenters. The molecule has 0 aliphatic heterocycles. The van der Waals surface area contributed by atoms with Gasteiger partial charge in [-0.15, -0.1) is 0 Å². The molecule has 0 bridgehead atoms. The maximum atomic E-state index is 13.7. The van der Waals surface area contributed by atoms with Crippen molar-refractivity contribution in [1.29, 1.82) is 0 Å². The molecule has 2 N–H and O–H groups in total. The average Bonchev–Trinajstić information content (AvgIpc) is 2.97. The predicted molar refractivity (Wildman–Crippen MR) is 77.3 cm³/mol. The van der Waals surface area contributed by atoms with Crippen molar-refractivity contribution in [3.63, 3.8) is 0 Å². The molecule has 7 heteroatoms. The van der Waals surface area contributed by atoms with Gasteiger partial charge in [0.1, 0.15) is 17.0 Å². The quantitative estimate of drug-likeness (QED) is 0.885. The molecule has 0 saturated heterocycles. The van der Waals surface area contributed by atoms with E-state index in [1.54, 1.807) is 19.1 Å². The van der Waals surface area contributed by atoms with Gasteiger partial charge in [-0.3, -0.25) is 4.79 Å². The molecular weight excluding hydrogens is 289 g/mol. The van der Waals surface area contributed by atoms with Crippen molar-refractivity contribution >= 4 is 11.9 Å². The zero-order valence-corrected chi connectivity index (χ0v) is 12.2. The molecule has 0 spiro atoms. The van der Waals surface area contributed by atoms with Crippen molar-refractivity contribution in [2.24, 2.45) is 0 Å². The molecule has 0 aliphatic rings. The third kappa shape index (κ3) is 2.98. The summed E-state index contributed by atoms with van der Waals surface area (Å²) < 4.78 is 14.9. The first-order valence-corrected chi connectivity index (χ1v) is 6.74. The first-order valence-electron chi connectivity index (χ1n) is 6.74. The van der Waals surface area contributed by atoms with Crippen LogP contribution in [0.1, 0.15) is 30.8 Å². The highest BCUT2D eigenvalue weighted by Crippen LogP contribution is 2.14. The van der Waals surface area contributed by atoms with Gasteiger partial charge in [0.25, 0.3) is 5.91 Å². The number of nitrogens with zero attached hydrogens (tertiary/aromatic N) is 2. The summed E-state index contributed by atoms with van der Waals surface area (Å²) in [6.07, 6.45) is 1.67. The van der Waals surface area contributed by atoms with Gasteiger partial charge >= 0.3 is 5.97 Å². The standard InChI is InChI=1S/C15H16FN3O3/c1-3-15(2,14(21)22)17-13(20)11-8-9-19(18-11)12-7-5-4-6-10(12)16/h4-9H,3H2,1-2H3,(H,17,20)(H,21,22). The summed E-state index contributed by atoms with van der Waals surface area (Å²) in [5.41, 5.74) is -1.15. The number of aromatic nitrogens is 2. The molecule has 1 heterocycles. The molecule has 1 amide bonds. The van der Waals surface area contributed by atoms with Crippen molar-refractivity contribution in [2.75, 3.05) is 0 Å². The Bertz CT molecular complexity index is 714. The summed E-state index contributed by atoms with van der Waals surface area (Å²) in [7, 11) is 0. The Balaban J connectivity index is 2.23. The number of amides is 1. The van der Waals surface area contributed by atoms with Gasteiger partial charge in [-0.1, -0.05) is 19.1 Å². The van der Waals surface area contributed by atoms with Crippen LogP contribution in [0.3, 0.4) is 0 Å². The van der Waals surface area contributed by atoms with Gasteiger partial charge in [0.2, 0.25) is 0 Å². The summed E-state index contributed by atoms with van der Waals surface area (Å²) in [6, 6.07) is 7.42. The number of carboxylic acid groups (broad SMARTS) is 1. The number of carboxylic acids is 1. The maximum absolute atomic E-state index is 13.7. The number of aliphatic carboxylic acids is 1. The fourth-order valence-electron chi connectivity index (χ4n) is 1.82. The van der Waals surface area contributed by atoms with Crippen LogP contribution in [0.2, 0.25) is 0 Å². The minimum atomic E-state index is -1.38. The first kappa shape index (κ1) is 15.7. The normalized spacial score (nSPS) is 13.4. The zero-order chi connectivity index (χ0) is 16.3. The lowest BCUT2D eigenvalue weighted by atomic mass is 9.99. The number of hydrogen-bond donors (Lipinski definition) is 2. The molecule has 0 radical (unpaired) electrons. The molecular formula is C15H16FN3O3. The van der Waals surface area contributed by atoms with Gasteiger partial charge in [0.05, 0.1) is 0 Å². The Morgan fingerprint density at radius 2 is 2.05 bits per heavy atom.